The fourth-order valence-corrected chi connectivity index (χ4v) is 9.46. The number of hydrogen-bond donors (Lipinski definition) is 1. The van der Waals surface area contributed by atoms with Crippen molar-refractivity contribution < 1.29 is 4.79 Å². The summed E-state index contributed by atoms with van der Waals surface area (Å²) in [5.74, 6) is 2.81. The van der Waals surface area contributed by atoms with Crippen LogP contribution in [0.3, 0.4) is 0 Å². The molecule has 0 spiro atoms. The number of thioether (sulfide) groups is 1. The Morgan fingerprint density at radius 3 is 2.56 bits per heavy atom. The van der Waals surface area contributed by atoms with Gasteiger partial charge >= 0.3 is 0 Å². The first-order valence-corrected chi connectivity index (χ1v) is 13.9. The minimum Gasteiger partial charge on any atom is -0.350 e. The maximum absolute atomic E-state index is 13.4. The average Bonchev–Trinajstić information content (AvgIpc) is 3.12. The molecule has 2 aromatic heterocycles. The van der Waals surface area contributed by atoms with Gasteiger partial charge in [0.1, 0.15) is 4.83 Å². The summed E-state index contributed by atoms with van der Waals surface area (Å²) in [6.07, 6.45) is 13.7. The summed E-state index contributed by atoms with van der Waals surface area (Å²) < 4.78 is 1.71. The quantitative estimate of drug-likeness (QED) is 0.378. The molecule has 4 fully saturated rings. The zero-order valence-electron chi connectivity index (χ0n) is 18.5. The van der Waals surface area contributed by atoms with Gasteiger partial charge in [-0.3, -0.25) is 14.2 Å². The molecule has 0 atom stereocenters. The number of fused-ring (bicyclic) bond motifs is 3. The molecule has 4 saturated carbocycles. The Balaban J connectivity index is 1.23. The number of hydrogen-bond acceptors (Lipinski definition) is 5. The molecule has 1 amide bonds. The van der Waals surface area contributed by atoms with E-state index in [0.29, 0.717) is 17.5 Å². The minimum atomic E-state index is 0.0252. The summed E-state index contributed by atoms with van der Waals surface area (Å²) in [6, 6.07) is 0. The van der Waals surface area contributed by atoms with Crippen LogP contribution in [-0.4, -0.2) is 26.8 Å². The van der Waals surface area contributed by atoms with E-state index in [-0.39, 0.29) is 17.0 Å². The molecular formula is C25H31N3O2S2. The number of nitrogens with zero attached hydrogens (tertiary/aromatic N) is 2. The molecule has 2 aromatic rings. The normalized spacial score (nSPS) is 30.4. The first kappa shape index (κ1) is 21.0. The monoisotopic (exact) mass is 469 g/mol. The van der Waals surface area contributed by atoms with Crippen molar-refractivity contribution >= 4 is 39.2 Å². The predicted octanol–water partition coefficient (Wildman–Crippen LogP) is 4.70. The number of aromatic nitrogens is 2. The molecule has 0 aliphatic heterocycles. The van der Waals surface area contributed by atoms with E-state index >= 15 is 0 Å². The minimum absolute atomic E-state index is 0.0252. The van der Waals surface area contributed by atoms with E-state index < -0.39 is 0 Å². The van der Waals surface area contributed by atoms with Gasteiger partial charge in [-0.1, -0.05) is 17.8 Å². The van der Waals surface area contributed by atoms with E-state index in [0.717, 1.165) is 66.5 Å². The van der Waals surface area contributed by atoms with Crippen LogP contribution in [-0.2, 0) is 24.2 Å². The van der Waals surface area contributed by atoms with Crippen LogP contribution in [0.15, 0.2) is 22.6 Å². The molecule has 32 heavy (non-hydrogen) atoms. The second-order valence-corrected chi connectivity index (χ2v) is 12.6. The lowest BCUT2D eigenvalue weighted by atomic mass is 9.53. The summed E-state index contributed by atoms with van der Waals surface area (Å²) >= 11 is 3.07. The van der Waals surface area contributed by atoms with Gasteiger partial charge in [0, 0.05) is 17.0 Å². The van der Waals surface area contributed by atoms with E-state index in [9.17, 15) is 9.59 Å². The molecule has 5 aliphatic carbocycles. The average molecular weight is 470 g/mol. The molecule has 0 unspecified atom stereocenters. The lowest BCUT2D eigenvalue weighted by Crippen LogP contribution is -2.60. The van der Waals surface area contributed by atoms with E-state index in [1.807, 2.05) is 0 Å². The van der Waals surface area contributed by atoms with Crippen LogP contribution in [0, 0.1) is 17.8 Å². The van der Waals surface area contributed by atoms with Gasteiger partial charge in [-0.15, -0.1) is 17.9 Å². The Bertz CT molecular complexity index is 1110. The number of nitrogens with one attached hydrogen (secondary N) is 1. The van der Waals surface area contributed by atoms with Crippen LogP contribution in [0.2, 0.25) is 0 Å². The molecular weight excluding hydrogens is 438 g/mol. The van der Waals surface area contributed by atoms with Crippen molar-refractivity contribution in [3.05, 3.63) is 33.4 Å². The van der Waals surface area contributed by atoms with Crippen molar-refractivity contribution in [3.63, 3.8) is 0 Å². The summed E-state index contributed by atoms with van der Waals surface area (Å²) in [5.41, 5.74) is 1.26. The third kappa shape index (κ3) is 3.56. The van der Waals surface area contributed by atoms with Gasteiger partial charge in [0.05, 0.1) is 11.1 Å². The molecule has 1 N–H and O–H groups in total. The van der Waals surface area contributed by atoms with Crippen molar-refractivity contribution in [1.82, 2.24) is 14.9 Å². The van der Waals surface area contributed by atoms with Crippen LogP contribution in [0.1, 0.15) is 61.8 Å². The maximum atomic E-state index is 13.4. The molecule has 4 bridgehead atoms. The standard InChI is InChI=1S/C25H31N3O2S2/c1-2-7-28-23(30)21-18-5-3-4-6-19(18)32-22(21)26-24(28)31-14-20(29)27-25-11-15-8-16(12-25)10-17(9-15)13-25/h2,15-17H,1,3-14H2,(H,27,29). The van der Waals surface area contributed by atoms with Crippen LogP contribution >= 0.6 is 23.1 Å². The number of aryl methyl sites for hydroxylation is 2. The lowest BCUT2D eigenvalue weighted by Gasteiger charge is -2.56. The smallest absolute Gasteiger partial charge is 0.263 e. The summed E-state index contributed by atoms with van der Waals surface area (Å²) in [7, 11) is 0. The number of carbonyl (C=O) groups excluding carboxylic acids is 1. The van der Waals surface area contributed by atoms with Crippen molar-refractivity contribution in [2.24, 2.45) is 17.8 Å². The van der Waals surface area contributed by atoms with Crippen molar-refractivity contribution in [2.75, 3.05) is 5.75 Å². The first-order valence-electron chi connectivity index (χ1n) is 12.1. The van der Waals surface area contributed by atoms with Crippen molar-refractivity contribution in [2.45, 2.75) is 81.4 Å². The van der Waals surface area contributed by atoms with Gasteiger partial charge in [-0.05, 0) is 87.5 Å². The largest absolute Gasteiger partial charge is 0.350 e. The Morgan fingerprint density at radius 2 is 1.88 bits per heavy atom. The fraction of sp³-hybridized carbons (Fsp3) is 0.640. The summed E-state index contributed by atoms with van der Waals surface area (Å²) in [6.45, 7) is 4.26. The highest BCUT2D eigenvalue weighted by molar-refractivity contribution is 7.99. The van der Waals surface area contributed by atoms with Gasteiger partial charge in [-0.2, -0.15) is 0 Å². The second-order valence-electron chi connectivity index (χ2n) is 10.5. The van der Waals surface area contributed by atoms with Crippen LogP contribution in [0.5, 0.6) is 0 Å². The van der Waals surface area contributed by atoms with E-state index in [1.165, 1.54) is 47.9 Å². The number of carbonyl (C=O) groups is 1. The molecule has 170 valence electrons. The number of amides is 1. The number of allylic oxidation sites excluding steroid dienone is 1. The highest BCUT2D eigenvalue weighted by atomic mass is 32.2. The second kappa shape index (κ2) is 8.01. The molecule has 5 nitrogen and oxygen atoms in total. The Labute approximate surface area is 197 Å². The number of rotatable bonds is 6. The zero-order valence-corrected chi connectivity index (χ0v) is 20.2. The van der Waals surface area contributed by atoms with Gasteiger partial charge in [0.15, 0.2) is 5.16 Å². The van der Waals surface area contributed by atoms with Crippen molar-refractivity contribution in [3.8, 4) is 0 Å². The molecule has 0 saturated heterocycles. The Morgan fingerprint density at radius 1 is 1.19 bits per heavy atom. The zero-order chi connectivity index (χ0) is 21.9. The molecule has 7 rings (SSSR count). The molecule has 2 heterocycles. The molecule has 0 aromatic carbocycles. The first-order chi connectivity index (χ1) is 15.5. The van der Waals surface area contributed by atoms with Gasteiger partial charge in [0.2, 0.25) is 5.91 Å². The van der Waals surface area contributed by atoms with Crippen molar-refractivity contribution in [1.29, 1.82) is 0 Å². The molecule has 5 aliphatic rings. The lowest BCUT2D eigenvalue weighted by molar-refractivity contribution is -0.124. The topological polar surface area (TPSA) is 64.0 Å². The fourth-order valence-electron chi connectivity index (χ4n) is 7.35. The third-order valence-corrected chi connectivity index (χ3v) is 10.3. The third-order valence-electron chi connectivity index (χ3n) is 8.13. The highest BCUT2D eigenvalue weighted by Crippen LogP contribution is 2.55. The Kier molecular flexibility index (Phi) is 5.25. The van der Waals surface area contributed by atoms with Gasteiger partial charge < -0.3 is 5.32 Å². The summed E-state index contributed by atoms with van der Waals surface area (Å²) in [4.78, 5) is 33.4. The molecule has 0 radical (unpaired) electrons. The molecule has 7 heteroatoms. The van der Waals surface area contributed by atoms with Crippen LogP contribution in [0.25, 0.3) is 10.2 Å². The van der Waals surface area contributed by atoms with Gasteiger partial charge in [0.25, 0.3) is 5.56 Å². The number of thiophene rings is 1. The highest BCUT2D eigenvalue weighted by Gasteiger charge is 2.51. The van der Waals surface area contributed by atoms with E-state index in [1.54, 1.807) is 22.0 Å². The van der Waals surface area contributed by atoms with Gasteiger partial charge in [-0.25, -0.2) is 4.98 Å². The predicted molar refractivity (Wildman–Crippen MR) is 130 cm³/mol. The van der Waals surface area contributed by atoms with E-state index in [4.69, 9.17) is 4.98 Å². The summed E-state index contributed by atoms with van der Waals surface area (Å²) in [5, 5.41) is 4.89. The SMILES string of the molecule is C=CCn1c(SCC(=O)NC23CC4CC(CC(C4)C2)C3)nc2sc3c(c2c1=O)CCCC3. The van der Waals surface area contributed by atoms with Crippen LogP contribution < -0.4 is 10.9 Å². The van der Waals surface area contributed by atoms with E-state index in [2.05, 4.69) is 11.9 Å². The van der Waals surface area contributed by atoms with Crippen LogP contribution in [0.4, 0.5) is 0 Å². The Hall–Kier alpha value is -1.60. The maximum Gasteiger partial charge on any atom is 0.263 e.